The minimum atomic E-state index is -0.370. The van der Waals surface area contributed by atoms with E-state index in [1.807, 2.05) is 42.2 Å². The highest BCUT2D eigenvalue weighted by Gasteiger charge is 2.46. The Labute approximate surface area is 173 Å². The molecule has 152 valence electrons. The summed E-state index contributed by atoms with van der Waals surface area (Å²) in [6.45, 7) is 10.4. The number of aryl methyl sites for hydroxylation is 1. The van der Waals surface area contributed by atoms with Crippen LogP contribution in [0.3, 0.4) is 0 Å². The Bertz CT molecular complexity index is 959. The first kappa shape index (κ1) is 19.6. The van der Waals surface area contributed by atoms with E-state index in [2.05, 4.69) is 49.6 Å². The Morgan fingerprint density at radius 2 is 1.83 bits per heavy atom. The second kappa shape index (κ2) is 7.30. The highest BCUT2D eigenvalue weighted by molar-refractivity contribution is 6.05. The average molecular weight is 391 g/mol. The zero-order chi connectivity index (χ0) is 20.6. The number of rotatable bonds is 1. The number of amides is 1. The standard InChI is InChI=1S/C24H30N4O/c1-17-9-5-7-11-19(17)21(29)28-14-13-24(16-28)22(27-23(2,3)4)26-20-12-8-6-10-18(20)15-25-24/h5-12,25H,13-16H2,1-4H3,(H,26,27)/t24-/m0/s1. The Morgan fingerprint density at radius 3 is 2.59 bits per heavy atom. The van der Waals surface area contributed by atoms with E-state index in [0.29, 0.717) is 13.1 Å². The predicted molar refractivity (Wildman–Crippen MR) is 119 cm³/mol. The van der Waals surface area contributed by atoms with E-state index >= 15 is 0 Å². The Kier molecular flexibility index (Phi) is 4.95. The number of para-hydroxylation sites is 1. The van der Waals surface area contributed by atoms with Crippen molar-refractivity contribution in [2.24, 2.45) is 4.99 Å². The van der Waals surface area contributed by atoms with Crippen LogP contribution in [0.25, 0.3) is 0 Å². The Morgan fingerprint density at radius 1 is 1.10 bits per heavy atom. The van der Waals surface area contributed by atoms with Gasteiger partial charge in [-0.05, 0) is 57.4 Å². The number of hydrogen-bond acceptors (Lipinski definition) is 3. The van der Waals surface area contributed by atoms with E-state index in [-0.39, 0.29) is 17.0 Å². The molecule has 0 unspecified atom stereocenters. The lowest BCUT2D eigenvalue weighted by Crippen LogP contribution is -2.56. The molecule has 2 heterocycles. The fourth-order valence-corrected chi connectivity index (χ4v) is 4.17. The number of anilines is 1. The summed E-state index contributed by atoms with van der Waals surface area (Å²) in [7, 11) is 0. The van der Waals surface area contributed by atoms with Crippen LogP contribution in [0.5, 0.6) is 0 Å². The second-order valence-corrected chi connectivity index (χ2v) is 9.14. The quantitative estimate of drug-likeness (QED) is 0.774. The van der Waals surface area contributed by atoms with E-state index in [0.717, 1.165) is 35.6 Å². The molecule has 2 aliphatic heterocycles. The molecule has 1 amide bonds. The van der Waals surface area contributed by atoms with Crippen molar-refractivity contribution in [2.45, 2.75) is 51.7 Å². The molecule has 1 spiro atoms. The van der Waals surface area contributed by atoms with Gasteiger partial charge in [0.15, 0.2) is 0 Å². The molecular formula is C24H30N4O. The van der Waals surface area contributed by atoms with Gasteiger partial charge in [-0.15, -0.1) is 0 Å². The summed E-state index contributed by atoms with van der Waals surface area (Å²) in [6.07, 6.45) is 0.834. The van der Waals surface area contributed by atoms with Gasteiger partial charge in [0.1, 0.15) is 5.84 Å². The molecule has 29 heavy (non-hydrogen) atoms. The first-order valence-corrected chi connectivity index (χ1v) is 10.3. The summed E-state index contributed by atoms with van der Waals surface area (Å²) in [6, 6.07) is 16.1. The van der Waals surface area contributed by atoms with Crippen LogP contribution in [-0.2, 0) is 6.54 Å². The average Bonchev–Trinajstić information content (AvgIpc) is 3.05. The molecule has 0 aromatic heterocycles. The molecule has 1 saturated heterocycles. The van der Waals surface area contributed by atoms with E-state index in [4.69, 9.17) is 4.99 Å². The van der Waals surface area contributed by atoms with Crippen molar-refractivity contribution in [2.75, 3.05) is 18.4 Å². The third-order valence-electron chi connectivity index (χ3n) is 5.72. The van der Waals surface area contributed by atoms with Crippen LogP contribution in [0.2, 0.25) is 0 Å². The highest BCUT2D eigenvalue weighted by atomic mass is 16.2. The molecular weight excluding hydrogens is 360 g/mol. The van der Waals surface area contributed by atoms with Gasteiger partial charge in [-0.25, -0.2) is 0 Å². The molecule has 2 aromatic rings. The lowest BCUT2D eigenvalue weighted by Gasteiger charge is -2.32. The fourth-order valence-electron chi connectivity index (χ4n) is 4.17. The number of nitrogens with zero attached hydrogens (tertiary/aromatic N) is 2. The van der Waals surface area contributed by atoms with Crippen LogP contribution in [-0.4, -0.2) is 40.8 Å². The molecule has 2 aromatic carbocycles. The molecule has 1 fully saturated rings. The number of hydrogen-bond donors (Lipinski definition) is 2. The number of carbonyl (C=O) groups is 1. The summed E-state index contributed by atoms with van der Waals surface area (Å²) in [5, 5.41) is 7.36. The maximum absolute atomic E-state index is 13.2. The van der Waals surface area contributed by atoms with Gasteiger partial charge in [-0.3, -0.25) is 15.1 Å². The number of aliphatic imine (C=N–C) groups is 1. The van der Waals surface area contributed by atoms with E-state index in [1.54, 1.807) is 0 Å². The number of carbonyl (C=O) groups excluding carboxylic acids is 1. The number of amidine groups is 1. The normalized spacial score (nSPS) is 23.0. The number of likely N-dealkylation sites (tertiary alicyclic amines) is 1. The van der Waals surface area contributed by atoms with Gasteiger partial charge in [0.25, 0.3) is 5.91 Å². The first-order chi connectivity index (χ1) is 13.8. The number of benzene rings is 2. The minimum Gasteiger partial charge on any atom is -0.342 e. The lowest BCUT2D eigenvalue weighted by atomic mass is 9.95. The molecule has 2 N–H and O–H groups in total. The van der Waals surface area contributed by atoms with Crippen molar-refractivity contribution in [1.82, 2.24) is 10.2 Å². The molecule has 1 atom stereocenters. The molecule has 4 rings (SSSR count). The van der Waals surface area contributed by atoms with Crippen molar-refractivity contribution in [3.05, 3.63) is 65.2 Å². The van der Waals surface area contributed by atoms with Crippen molar-refractivity contribution < 1.29 is 4.79 Å². The molecule has 2 aliphatic rings. The van der Waals surface area contributed by atoms with E-state index < -0.39 is 0 Å². The van der Waals surface area contributed by atoms with Crippen LogP contribution < -0.4 is 10.6 Å². The zero-order valence-electron chi connectivity index (χ0n) is 17.7. The van der Waals surface area contributed by atoms with Crippen LogP contribution >= 0.6 is 0 Å². The molecule has 5 nitrogen and oxygen atoms in total. The van der Waals surface area contributed by atoms with E-state index in [9.17, 15) is 4.79 Å². The maximum atomic E-state index is 13.2. The van der Waals surface area contributed by atoms with Gasteiger partial charge in [0.05, 0.1) is 11.1 Å². The monoisotopic (exact) mass is 390 g/mol. The smallest absolute Gasteiger partial charge is 0.254 e. The van der Waals surface area contributed by atoms with Crippen molar-refractivity contribution in [3.63, 3.8) is 0 Å². The van der Waals surface area contributed by atoms with Crippen molar-refractivity contribution in [3.8, 4) is 0 Å². The van der Waals surface area contributed by atoms with Gasteiger partial charge in [0, 0.05) is 30.9 Å². The molecule has 0 bridgehead atoms. The third kappa shape index (κ3) is 3.92. The maximum Gasteiger partial charge on any atom is 0.254 e. The molecule has 0 aliphatic carbocycles. The van der Waals surface area contributed by atoms with Gasteiger partial charge < -0.3 is 10.2 Å². The largest absolute Gasteiger partial charge is 0.342 e. The summed E-state index contributed by atoms with van der Waals surface area (Å²) in [4.78, 5) is 20.2. The zero-order valence-corrected chi connectivity index (χ0v) is 17.7. The predicted octanol–water partition coefficient (Wildman–Crippen LogP) is 3.99. The fraction of sp³-hybridized carbons (Fsp3) is 0.417. The Balaban J connectivity index is 1.67. The summed E-state index contributed by atoms with van der Waals surface area (Å²) in [5.41, 5.74) is 3.51. The number of nitrogens with one attached hydrogen (secondary N) is 2. The van der Waals surface area contributed by atoms with Crippen LogP contribution in [0.15, 0.2) is 53.5 Å². The second-order valence-electron chi connectivity index (χ2n) is 9.14. The molecule has 0 radical (unpaired) electrons. The topological polar surface area (TPSA) is 56.7 Å². The summed E-state index contributed by atoms with van der Waals surface area (Å²) >= 11 is 0. The lowest BCUT2D eigenvalue weighted by molar-refractivity contribution is 0.0785. The summed E-state index contributed by atoms with van der Waals surface area (Å²) < 4.78 is 0. The minimum absolute atomic E-state index is 0.0960. The van der Waals surface area contributed by atoms with Crippen molar-refractivity contribution in [1.29, 1.82) is 0 Å². The molecule has 0 saturated carbocycles. The SMILES string of the molecule is Cc1ccccc1C(=O)N1CC[C@@]2(C1)NCc1ccccc1NC2=NC(C)(C)C. The Hall–Kier alpha value is -2.66. The van der Waals surface area contributed by atoms with Gasteiger partial charge in [-0.2, -0.15) is 0 Å². The van der Waals surface area contributed by atoms with Gasteiger partial charge in [0.2, 0.25) is 0 Å². The van der Waals surface area contributed by atoms with Crippen LogP contribution in [0.4, 0.5) is 5.69 Å². The van der Waals surface area contributed by atoms with Crippen LogP contribution in [0.1, 0.15) is 48.7 Å². The van der Waals surface area contributed by atoms with Crippen LogP contribution in [0, 0.1) is 6.92 Å². The van der Waals surface area contributed by atoms with Gasteiger partial charge >= 0.3 is 0 Å². The molecule has 5 heteroatoms. The number of fused-ring (bicyclic) bond motifs is 1. The highest BCUT2D eigenvalue weighted by Crippen LogP contribution is 2.31. The van der Waals surface area contributed by atoms with Gasteiger partial charge in [-0.1, -0.05) is 36.4 Å². The first-order valence-electron chi connectivity index (χ1n) is 10.3. The van der Waals surface area contributed by atoms with Crippen molar-refractivity contribution >= 4 is 17.4 Å². The summed E-state index contributed by atoms with van der Waals surface area (Å²) in [5.74, 6) is 1.02. The third-order valence-corrected chi connectivity index (χ3v) is 5.72. The van der Waals surface area contributed by atoms with E-state index in [1.165, 1.54) is 5.56 Å².